The maximum atomic E-state index is 14.4. The van der Waals surface area contributed by atoms with Crippen molar-refractivity contribution in [1.29, 1.82) is 0 Å². The number of carbonyl (C=O) groups excluding carboxylic acids is 1. The lowest BCUT2D eigenvalue weighted by Gasteiger charge is -2.31. The molecule has 0 spiro atoms. The largest absolute Gasteiger partial charge is 0.433 e. The van der Waals surface area contributed by atoms with Crippen LogP contribution in [0.1, 0.15) is 50.9 Å². The van der Waals surface area contributed by atoms with Gasteiger partial charge in [0.25, 0.3) is 0 Å². The molecule has 0 fully saturated rings. The van der Waals surface area contributed by atoms with Crippen molar-refractivity contribution in [3.63, 3.8) is 0 Å². The van der Waals surface area contributed by atoms with Crippen LogP contribution in [-0.2, 0) is 16.2 Å². The number of carbonyl (C=O) groups is 1. The van der Waals surface area contributed by atoms with E-state index in [1.54, 1.807) is 11.0 Å². The summed E-state index contributed by atoms with van der Waals surface area (Å²) >= 11 is 8.07. The van der Waals surface area contributed by atoms with Gasteiger partial charge in [-0.05, 0) is 75.4 Å². The molecule has 1 heterocycles. The zero-order valence-electron chi connectivity index (χ0n) is 21.3. The minimum Gasteiger partial charge on any atom is -0.433 e. The van der Waals surface area contributed by atoms with Crippen molar-refractivity contribution >= 4 is 48.4 Å². The van der Waals surface area contributed by atoms with E-state index in [0.717, 1.165) is 15.4 Å². The molecule has 34 heavy (non-hydrogen) atoms. The summed E-state index contributed by atoms with van der Waals surface area (Å²) in [7, 11) is -1.24. The van der Waals surface area contributed by atoms with Crippen molar-refractivity contribution in [3.8, 4) is 0 Å². The predicted molar refractivity (Wildman–Crippen MR) is 146 cm³/mol. The Morgan fingerprint density at radius 2 is 1.85 bits per heavy atom. The van der Waals surface area contributed by atoms with Gasteiger partial charge in [0.05, 0.1) is 10.7 Å². The summed E-state index contributed by atoms with van der Waals surface area (Å²) in [5.74, 6) is -0.0989. The molecule has 1 aromatic carbocycles. The van der Waals surface area contributed by atoms with Gasteiger partial charge in [0.15, 0.2) is 11.9 Å². The van der Waals surface area contributed by atoms with Gasteiger partial charge in [-0.3, -0.25) is 0 Å². The Kier molecular flexibility index (Phi) is 10.4. The number of amides is 1. The Balaban J connectivity index is 2.47. The molecule has 1 unspecified atom stereocenters. The second-order valence-corrected chi connectivity index (χ2v) is 17.2. The lowest BCUT2D eigenvalue weighted by atomic mass is 10.1. The summed E-state index contributed by atoms with van der Waals surface area (Å²) < 4.78 is 29.1. The number of aromatic nitrogens is 2. The second kappa shape index (κ2) is 12.2. The average Bonchev–Trinajstić information content (AvgIpc) is 2.98. The van der Waals surface area contributed by atoms with E-state index < -0.39 is 26.1 Å². The average molecular weight is 624 g/mol. The van der Waals surface area contributed by atoms with Crippen molar-refractivity contribution in [3.05, 3.63) is 49.8 Å². The third kappa shape index (κ3) is 7.66. The van der Waals surface area contributed by atoms with Gasteiger partial charge in [-0.1, -0.05) is 37.3 Å². The first-order chi connectivity index (χ1) is 15.7. The van der Waals surface area contributed by atoms with E-state index >= 15 is 0 Å². The zero-order chi connectivity index (χ0) is 25.8. The van der Waals surface area contributed by atoms with Crippen LogP contribution in [0.2, 0.25) is 30.7 Å². The van der Waals surface area contributed by atoms with Gasteiger partial charge in [-0.25, -0.2) is 14.2 Å². The number of hydrogen-bond donors (Lipinski definition) is 0. The van der Waals surface area contributed by atoms with E-state index in [-0.39, 0.29) is 23.8 Å². The summed E-state index contributed by atoms with van der Waals surface area (Å²) in [6.07, 6.45) is -1.42. The number of rotatable bonds is 10. The minimum absolute atomic E-state index is 0.00333. The lowest BCUT2D eigenvalue weighted by Crippen LogP contribution is -2.43. The Morgan fingerprint density at radius 1 is 1.24 bits per heavy atom. The van der Waals surface area contributed by atoms with Gasteiger partial charge in [-0.15, -0.1) is 0 Å². The first kappa shape index (κ1) is 29.1. The Bertz CT molecular complexity index is 987. The molecule has 0 aliphatic carbocycles. The molecule has 10 heteroatoms. The van der Waals surface area contributed by atoms with Gasteiger partial charge >= 0.3 is 6.09 Å². The van der Waals surface area contributed by atoms with E-state index in [4.69, 9.17) is 26.1 Å². The molecule has 2 aromatic rings. The van der Waals surface area contributed by atoms with Crippen LogP contribution in [0.25, 0.3) is 0 Å². The van der Waals surface area contributed by atoms with E-state index in [2.05, 4.69) is 42.2 Å². The third-order valence-electron chi connectivity index (χ3n) is 5.43. The van der Waals surface area contributed by atoms with E-state index in [1.165, 1.54) is 12.1 Å². The van der Waals surface area contributed by atoms with Crippen LogP contribution in [-0.4, -0.2) is 47.3 Å². The second-order valence-electron chi connectivity index (χ2n) is 10.2. The Hall–Kier alpha value is -1.17. The molecular formula is C24H36ClFIN3O3Si. The normalized spacial score (nSPS) is 13.0. The fourth-order valence-corrected chi connectivity index (χ4v) is 4.96. The number of hydrogen-bond acceptors (Lipinski definition) is 4. The van der Waals surface area contributed by atoms with Gasteiger partial charge in [0, 0.05) is 32.3 Å². The van der Waals surface area contributed by atoms with Gasteiger partial charge in [-0.2, -0.15) is 0 Å². The molecule has 0 bridgehead atoms. The predicted octanol–water partition coefficient (Wildman–Crippen LogP) is 7.25. The van der Waals surface area contributed by atoms with Crippen molar-refractivity contribution < 1.29 is 18.7 Å². The molecule has 0 N–H and O–H groups in total. The smallest absolute Gasteiger partial charge is 0.411 e. The monoisotopic (exact) mass is 623 g/mol. The van der Waals surface area contributed by atoms with Crippen LogP contribution in [0.4, 0.5) is 9.18 Å². The summed E-state index contributed by atoms with van der Waals surface area (Å²) in [5, 5.41) is 0.00333. The Labute approximate surface area is 222 Å². The van der Waals surface area contributed by atoms with Crippen LogP contribution >= 0.6 is 34.2 Å². The summed E-state index contributed by atoms with van der Waals surface area (Å²) in [6, 6.07) is 5.31. The molecule has 190 valence electrons. The first-order valence-corrected chi connectivity index (χ1v) is 16.6. The first-order valence-electron chi connectivity index (χ1n) is 11.5. The summed E-state index contributed by atoms with van der Waals surface area (Å²) in [4.78, 5) is 19.6. The zero-order valence-corrected chi connectivity index (χ0v) is 25.2. The molecule has 0 saturated carbocycles. The minimum atomic E-state index is -1.24. The summed E-state index contributed by atoms with van der Waals surface area (Å²) in [6.45, 7) is 17.5. The molecule has 0 radical (unpaired) electrons. The molecule has 0 aliphatic rings. The van der Waals surface area contributed by atoms with Gasteiger partial charge < -0.3 is 18.9 Å². The van der Waals surface area contributed by atoms with E-state index in [0.29, 0.717) is 18.0 Å². The highest BCUT2D eigenvalue weighted by Crippen LogP contribution is 2.31. The van der Waals surface area contributed by atoms with Crippen molar-refractivity contribution in [2.75, 3.05) is 6.61 Å². The standard InChI is InChI=1S/C24H36ClFIN3O3Si/c1-15(2)30(16(3)4)24(31)33-21(18-9-10-19(25)20(26)13-18)23-28-22(27)17(5)29(23)14-32-11-12-34(6,7)8/h9-10,13,15-16,21H,11-12,14H2,1-8H3. The highest BCUT2D eigenvalue weighted by molar-refractivity contribution is 14.1. The fraction of sp³-hybridized carbons (Fsp3) is 0.583. The molecular weight excluding hydrogens is 588 g/mol. The van der Waals surface area contributed by atoms with Crippen LogP contribution < -0.4 is 0 Å². The maximum Gasteiger partial charge on any atom is 0.411 e. The molecule has 1 aromatic heterocycles. The molecule has 1 amide bonds. The number of nitrogens with zero attached hydrogens (tertiary/aromatic N) is 3. The van der Waals surface area contributed by atoms with Crippen LogP contribution in [0.3, 0.4) is 0 Å². The SMILES string of the molecule is Cc1c(I)nc(C(OC(=O)N(C(C)C)C(C)C)c2ccc(Cl)c(F)c2)n1COCC[Si](C)(C)C. The topological polar surface area (TPSA) is 56.6 Å². The Morgan fingerprint density at radius 3 is 2.38 bits per heavy atom. The van der Waals surface area contributed by atoms with Gasteiger partial charge in [0.2, 0.25) is 0 Å². The highest BCUT2D eigenvalue weighted by atomic mass is 127. The maximum absolute atomic E-state index is 14.4. The number of ether oxygens (including phenoxy) is 2. The molecule has 6 nitrogen and oxygen atoms in total. The van der Waals surface area contributed by atoms with Crippen molar-refractivity contribution in [1.82, 2.24) is 14.5 Å². The quantitative estimate of drug-likeness (QED) is 0.159. The molecule has 2 rings (SSSR count). The van der Waals surface area contributed by atoms with Crippen LogP contribution in [0.15, 0.2) is 18.2 Å². The van der Waals surface area contributed by atoms with Crippen molar-refractivity contribution in [2.24, 2.45) is 0 Å². The third-order valence-corrected chi connectivity index (χ3v) is 8.47. The fourth-order valence-electron chi connectivity index (χ4n) is 3.55. The van der Waals surface area contributed by atoms with Crippen LogP contribution in [0.5, 0.6) is 0 Å². The van der Waals surface area contributed by atoms with E-state index in [1.807, 2.05) is 39.2 Å². The molecule has 0 aliphatic heterocycles. The van der Waals surface area contributed by atoms with Crippen LogP contribution in [0, 0.1) is 16.4 Å². The van der Waals surface area contributed by atoms with Gasteiger partial charge in [0.1, 0.15) is 16.2 Å². The number of imidazole rings is 1. The lowest BCUT2D eigenvalue weighted by molar-refractivity contribution is 0.0454. The molecule has 1 atom stereocenters. The highest BCUT2D eigenvalue weighted by Gasteiger charge is 2.31. The summed E-state index contributed by atoms with van der Waals surface area (Å²) in [5.41, 5.74) is 1.34. The van der Waals surface area contributed by atoms with Crippen molar-refractivity contribution in [2.45, 2.75) is 85.2 Å². The number of halogens is 3. The van der Waals surface area contributed by atoms with E-state index in [9.17, 15) is 9.18 Å². The molecule has 0 saturated heterocycles. The number of benzene rings is 1.